The average Bonchev–Trinajstić information content (AvgIpc) is 3.41. The Labute approximate surface area is 255 Å². The van der Waals surface area contributed by atoms with Gasteiger partial charge in [0.25, 0.3) is 0 Å². The van der Waals surface area contributed by atoms with Crippen LogP contribution in [0.2, 0.25) is 0 Å². The molecule has 3 amide bonds. The van der Waals surface area contributed by atoms with Crippen molar-refractivity contribution in [2.24, 2.45) is 0 Å². The highest BCUT2D eigenvalue weighted by Crippen LogP contribution is 2.32. The van der Waals surface area contributed by atoms with Gasteiger partial charge in [-0.2, -0.15) is 5.10 Å². The maximum Gasteiger partial charge on any atom is 0.324 e. The number of hydroxylamine groups is 1. The Kier molecular flexibility index (Phi) is 8.86. The van der Waals surface area contributed by atoms with Crippen molar-refractivity contribution in [3.05, 3.63) is 102 Å². The second-order valence-corrected chi connectivity index (χ2v) is 11.3. The third kappa shape index (κ3) is 7.37. The summed E-state index contributed by atoms with van der Waals surface area (Å²) in [5.74, 6) is 1.30. The van der Waals surface area contributed by atoms with Crippen LogP contribution in [0.5, 0.6) is 5.75 Å². The van der Waals surface area contributed by atoms with Crippen molar-refractivity contribution < 1.29 is 19.2 Å². The molecule has 226 valence electrons. The van der Waals surface area contributed by atoms with Gasteiger partial charge in [0.2, 0.25) is 5.91 Å². The summed E-state index contributed by atoms with van der Waals surface area (Å²) in [5, 5.41) is 12.4. The molecule has 0 aliphatic rings. The number of anilines is 2. The topological polar surface area (TPSA) is 132 Å². The van der Waals surface area contributed by atoms with Crippen LogP contribution in [0.25, 0.3) is 16.5 Å². The predicted molar refractivity (Wildman–Crippen MR) is 169 cm³/mol. The van der Waals surface area contributed by atoms with E-state index in [-0.39, 0.29) is 24.5 Å². The molecular formula is C33H35N7O4. The first kappa shape index (κ1) is 30.2. The van der Waals surface area contributed by atoms with Gasteiger partial charge in [-0.3, -0.25) is 14.9 Å². The third-order valence-electron chi connectivity index (χ3n) is 6.69. The van der Waals surface area contributed by atoms with Crippen molar-refractivity contribution in [1.82, 2.24) is 25.2 Å². The molecule has 11 nitrogen and oxygen atoms in total. The summed E-state index contributed by atoms with van der Waals surface area (Å²) < 4.78 is 7.87. The Balaban J connectivity index is 1.32. The molecule has 44 heavy (non-hydrogen) atoms. The minimum Gasteiger partial charge on any atom is -0.487 e. The van der Waals surface area contributed by atoms with Crippen LogP contribution in [0.3, 0.4) is 0 Å². The highest BCUT2D eigenvalue weighted by molar-refractivity contribution is 6.07. The van der Waals surface area contributed by atoms with Crippen LogP contribution >= 0.6 is 0 Å². The molecule has 0 unspecified atom stereocenters. The molecule has 0 spiro atoms. The van der Waals surface area contributed by atoms with Crippen LogP contribution in [-0.2, 0) is 28.3 Å². The maximum absolute atomic E-state index is 13.3. The normalized spacial score (nSPS) is 11.3. The second-order valence-electron chi connectivity index (χ2n) is 11.3. The average molecular weight is 594 g/mol. The molecule has 0 atom stereocenters. The molecule has 5 rings (SSSR count). The second kappa shape index (κ2) is 12.9. The standard InChI is InChI=1S/C33H35N7O4/c1-21-10-12-24(13-11-21)40-31(18-29(38-40)33(3,4)5)37-32(42)36-27-14-15-28(26-9-7-6-8-25(26)27)43-19-23-16-17-34-30(35-23)20-44-39-22(2)41/h6-18H,19-20H2,1-5H3,(H,39,41)(H2,36,37,42). The van der Waals surface area contributed by atoms with Gasteiger partial charge in [-0.05, 0) is 37.3 Å². The van der Waals surface area contributed by atoms with E-state index in [9.17, 15) is 9.59 Å². The molecule has 0 radical (unpaired) electrons. The summed E-state index contributed by atoms with van der Waals surface area (Å²) in [5.41, 5.74) is 6.17. The molecule has 0 fully saturated rings. The zero-order valence-electron chi connectivity index (χ0n) is 25.3. The Morgan fingerprint density at radius 1 is 0.909 bits per heavy atom. The van der Waals surface area contributed by atoms with E-state index in [0.29, 0.717) is 28.8 Å². The summed E-state index contributed by atoms with van der Waals surface area (Å²) in [6.07, 6.45) is 1.61. The van der Waals surface area contributed by atoms with Crippen molar-refractivity contribution in [3.8, 4) is 11.4 Å². The molecule has 11 heteroatoms. The fourth-order valence-electron chi connectivity index (χ4n) is 4.44. The number of carbonyl (C=O) groups is 2. The van der Waals surface area contributed by atoms with E-state index < -0.39 is 6.03 Å². The Morgan fingerprint density at radius 3 is 2.39 bits per heavy atom. The van der Waals surface area contributed by atoms with Crippen LogP contribution in [0.15, 0.2) is 79.0 Å². The SMILES string of the molecule is CC(=O)NOCc1nccc(COc2ccc(NC(=O)Nc3cc(C(C)(C)C)nn3-c3ccc(C)cc3)c3ccccc23)n1. The molecule has 3 N–H and O–H groups in total. The smallest absolute Gasteiger partial charge is 0.324 e. The van der Waals surface area contributed by atoms with Gasteiger partial charge >= 0.3 is 6.03 Å². The Bertz CT molecular complexity index is 1790. The number of carbonyl (C=O) groups excluding carboxylic acids is 2. The number of nitrogens with zero attached hydrogens (tertiary/aromatic N) is 4. The molecule has 0 bridgehead atoms. The van der Waals surface area contributed by atoms with Crippen molar-refractivity contribution >= 4 is 34.2 Å². The van der Waals surface area contributed by atoms with Crippen molar-refractivity contribution in [1.29, 1.82) is 0 Å². The number of urea groups is 1. The van der Waals surface area contributed by atoms with Gasteiger partial charge in [-0.1, -0.05) is 62.7 Å². The Hall–Kier alpha value is -5.29. The monoisotopic (exact) mass is 593 g/mol. The summed E-state index contributed by atoms with van der Waals surface area (Å²) >= 11 is 0. The van der Waals surface area contributed by atoms with Gasteiger partial charge in [-0.25, -0.2) is 24.9 Å². The minimum atomic E-state index is -0.396. The van der Waals surface area contributed by atoms with Crippen LogP contribution in [-0.4, -0.2) is 31.7 Å². The summed E-state index contributed by atoms with van der Waals surface area (Å²) in [6, 6.07) is 22.5. The van der Waals surface area contributed by atoms with E-state index in [4.69, 9.17) is 14.7 Å². The largest absolute Gasteiger partial charge is 0.487 e. The van der Waals surface area contributed by atoms with Crippen molar-refractivity contribution in [3.63, 3.8) is 0 Å². The summed E-state index contributed by atoms with van der Waals surface area (Å²) in [4.78, 5) is 38.0. The first-order valence-corrected chi connectivity index (χ1v) is 14.2. The van der Waals surface area contributed by atoms with E-state index in [1.54, 1.807) is 16.9 Å². The number of benzene rings is 3. The lowest BCUT2D eigenvalue weighted by molar-refractivity contribution is -0.132. The molecule has 0 saturated heterocycles. The Morgan fingerprint density at radius 2 is 1.66 bits per heavy atom. The van der Waals surface area contributed by atoms with Crippen LogP contribution in [0, 0.1) is 6.92 Å². The zero-order valence-corrected chi connectivity index (χ0v) is 25.3. The number of ether oxygens (including phenoxy) is 1. The molecule has 2 aromatic heterocycles. The van der Waals surface area contributed by atoms with Gasteiger partial charge in [0, 0.05) is 35.4 Å². The van der Waals surface area contributed by atoms with Gasteiger partial charge in [0.15, 0.2) is 5.82 Å². The van der Waals surface area contributed by atoms with E-state index in [0.717, 1.165) is 27.7 Å². The molecule has 0 saturated carbocycles. The molecule has 0 aliphatic carbocycles. The zero-order chi connectivity index (χ0) is 31.3. The van der Waals surface area contributed by atoms with Gasteiger partial charge in [0.1, 0.15) is 24.8 Å². The van der Waals surface area contributed by atoms with Crippen molar-refractivity contribution in [2.45, 2.75) is 53.2 Å². The minimum absolute atomic E-state index is 0.0299. The van der Waals surface area contributed by atoms with E-state index in [1.807, 2.05) is 73.7 Å². The van der Waals surface area contributed by atoms with E-state index in [2.05, 4.69) is 46.9 Å². The van der Waals surface area contributed by atoms with Gasteiger partial charge in [0.05, 0.1) is 22.8 Å². The lowest BCUT2D eigenvalue weighted by atomic mass is 9.92. The van der Waals surface area contributed by atoms with Crippen LogP contribution in [0.4, 0.5) is 16.3 Å². The molecule has 3 aromatic carbocycles. The highest BCUT2D eigenvalue weighted by atomic mass is 16.7. The summed E-state index contributed by atoms with van der Waals surface area (Å²) in [6.45, 7) is 9.85. The number of aromatic nitrogens is 4. The van der Waals surface area contributed by atoms with Crippen molar-refractivity contribution in [2.75, 3.05) is 10.6 Å². The molecule has 2 heterocycles. The van der Waals surface area contributed by atoms with Crippen LogP contribution in [0.1, 0.15) is 50.5 Å². The number of amides is 3. The van der Waals surface area contributed by atoms with Crippen LogP contribution < -0.4 is 20.9 Å². The third-order valence-corrected chi connectivity index (χ3v) is 6.69. The lowest BCUT2D eigenvalue weighted by Gasteiger charge is -2.14. The molecule has 0 aliphatic heterocycles. The van der Waals surface area contributed by atoms with Gasteiger partial charge < -0.3 is 10.1 Å². The quantitative estimate of drug-likeness (QED) is 0.173. The number of nitrogens with one attached hydrogen (secondary N) is 3. The highest BCUT2D eigenvalue weighted by Gasteiger charge is 2.22. The number of aryl methyl sites for hydroxylation is 1. The molecule has 5 aromatic rings. The summed E-state index contributed by atoms with van der Waals surface area (Å²) in [7, 11) is 0. The number of fused-ring (bicyclic) bond motifs is 1. The number of hydrogen-bond donors (Lipinski definition) is 3. The fourth-order valence-corrected chi connectivity index (χ4v) is 4.44. The molecular weight excluding hydrogens is 558 g/mol. The first-order chi connectivity index (χ1) is 21.1. The predicted octanol–water partition coefficient (Wildman–Crippen LogP) is 6.21. The fraction of sp³-hybridized carbons (Fsp3) is 0.242. The van der Waals surface area contributed by atoms with Gasteiger partial charge in [-0.15, -0.1) is 0 Å². The first-order valence-electron chi connectivity index (χ1n) is 14.2. The van der Waals surface area contributed by atoms with E-state index >= 15 is 0 Å². The number of rotatable bonds is 9. The van der Waals surface area contributed by atoms with E-state index in [1.165, 1.54) is 6.92 Å². The lowest BCUT2D eigenvalue weighted by Crippen LogP contribution is -2.21. The number of hydrogen-bond acceptors (Lipinski definition) is 7. The maximum atomic E-state index is 13.3.